The van der Waals surface area contributed by atoms with Crippen LogP contribution in [0.4, 0.5) is 16.6 Å². The monoisotopic (exact) mass is 248 g/mol. The van der Waals surface area contributed by atoms with E-state index in [0.717, 1.165) is 13.1 Å². The van der Waals surface area contributed by atoms with Gasteiger partial charge in [0.05, 0.1) is 0 Å². The summed E-state index contributed by atoms with van der Waals surface area (Å²) in [4.78, 5) is 21.8. The van der Waals surface area contributed by atoms with E-state index in [0.29, 0.717) is 11.8 Å². The van der Waals surface area contributed by atoms with Crippen molar-refractivity contribution in [1.82, 2.24) is 14.9 Å². The molecule has 18 heavy (non-hydrogen) atoms. The van der Waals surface area contributed by atoms with Crippen molar-refractivity contribution in [3.8, 4) is 0 Å². The van der Waals surface area contributed by atoms with Gasteiger partial charge in [0, 0.05) is 31.2 Å². The smallest absolute Gasteiger partial charge is 0.323 e. The Kier molecular flexibility index (Phi) is 3.64. The average Bonchev–Trinajstić information content (AvgIpc) is 2.24. The topological polar surface area (TPSA) is 70.2 Å². The Balaban J connectivity index is 1.94. The van der Waals surface area contributed by atoms with Crippen molar-refractivity contribution in [2.75, 3.05) is 23.7 Å². The second-order valence-electron chi connectivity index (χ2n) is 4.81. The Bertz CT molecular complexity index is 428. The summed E-state index contributed by atoms with van der Waals surface area (Å²) >= 11 is 0. The van der Waals surface area contributed by atoms with E-state index in [1.54, 1.807) is 17.2 Å². The van der Waals surface area contributed by atoms with Gasteiger partial charge < -0.3 is 10.2 Å². The molecule has 1 aliphatic heterocycles. The zero-order chi connectivity index (χ0) is 13.1. The molecule has 6 heteroatoms. The molecule has 2 amide bonds. The van der Waals surface area contributed by atoms with Crippen LogP contribution in [0.25, 0.3) is 0 Å². The molecule has 2 rings (SSSR count). The predicted molar refractivity (Wildman–Crippen MR) is 70.3 cm³/mol. The van der Waals surface area contributed by atoms with Gasteiger partial charge >= 0.3 is 6.03 Å². The molecule has 0 spiro atoms. The van der Waals surface area contributed by atoms with E-state index in [1.807, 2.05) is 20.8 Å². The molecule has 2 heterocycles. The number of hydrogen-bond donors (Lipinski definition) is 2. The van der Waals surface area contributed by atoms with E-state index in [-0.39, 0.29) is 12.1 Å². The van der Waals surface area contributed by atoms with Crippen LogP contribution < -0.4 is 10.6 Å². The summed E-state index contributed by atoms with van der Waals surface area (Å²) < 4.78 is 0. The van der Waals surface area contributed by atoms with Gasteiger partial charge in [0.2, 0.25) is 5.95 Å². The molecule has 0 bridgehead atoms. The van der Waals surface area contributed by atoms with Crippen LogP contribution in [0.15, 0.2) is 12.3 Å². The Hall–Kier alpha value is -1.85. The van der Waals surface area contributed by atoms with Crippen LogP contribution in [0.5, 0.6) is 0 Å². The van der Waals surface area contributed by atoms with E-state index in [1.165, 1.54) is 5.92 Å². The third-order valence-corrected chi connectivity index (χ3v) is 2.52. The van der Waals surface area contributed by atoms with Crippen LogP contribution in [-0.4, -0.2) is 40.0 Å². The van der Waals surface area contributed by atoms with E-state index in [9.17, 15) is 4.79 Å². The van der Waals surface area contributed by atoms with E-state index in [4.69, 9.17) is 0 Å². The van der Waals surface area contributed by atoms with Crippen molar-refractivity contribution in [3.63, 3.8) is 0 Å². The summed E-state index contributed by atoms with van der Waals surface area (Å²) in [5.41, 5.74) is 0. The molecule has 2 N–H and O–H groups in total. The summed E-state index contributed by atoms with van der Waals surface area (Å²) in [6, 6.07) is 1.82. The van der Waals surface area contributed by atoms with Gasteiger partial charge in [-0.15, -0.1) is 0 Å². The zero-order valence-electron chi connectivity index (χ0n) is 10.9. The third kappa shape index (κ3) is 3.09. The van der Waals surface area contributed by atoms with Crippen molar-refractivity contribution in [3.05, 3.63) is 18.2 Å². The van der Waals surface area contributed by atoms with Gasteiger partial charge in [-0.1, -0.05) is 6.92 Å². The molecule has 1 aromatic heterocycles. The Morgan fingerprint density at radius 1 is 1.44 bits per heavy atom. The number of aromatic nitrogens is 2. The van der Waals surface area contributed by atoms with Gasteiger partial charge in [0.25, 0.3) is 0 Å². The minimum Gasteiger partial charge on any atom is -0.352 e. The molecule has 6 nitrogen and oxygen atoms in total. The highest BCUT2D eigenvalue weighted by Gasteiger charge is 2.27. The molecule has 0 saturated carbocycles. The van der Waals surface area contributed by atoms with Crippen molar-refractivity contribution < 1.29 is 4.79 Å². The molecule has 0 aliphatic carbocycles. The fourth-order valence-corrected chi connectivity index (χ4v) is 1.69. The molecule has 1 aromatic rings. The summed E-state index contributed by atoms with van der Waals surface area (Å²) in [6.07, 6.45) is 1.63. The van der Waals surface area contributed by atoms with Crippen LogP contribution in [0.2, 0.25) is 0 Å². The first-order valence-corrected chi connectivity index (χ1v) is 6.01. The minimum absolute atomic E-state index is 0.116. The van der Waals surface area contributed by atoms with E-state index < -0.39 is 0 Å². The van der Waals surface area contributed by atoms with Crippen LogP contribution in [0.3, 0.4) is 0 Å². The molecular formula is C12H18N5O. The normalized spacial score (nSPS) is 15.4. The van der Waals surface area contributed by atoms with Crippen LogP contribution in [0.1, 0.15) is 20.8 Å². The zero-order valence-corrected chi connectivity index (χ0v) is 10.9. The number of anilines is 2. The van der Waals surface area contributed by atoms with E-state index in [2.05, 4.69) is 20.6 Å². The number of carbonyl (C=O) groups is 1. The average molecular weight is 248 g/mol. The Labute approximate surface area is 107 Å². The number of carbonyl (C=O) groups excluding carboxylic acids is 1. The number of nitrogens with one attached hydrogen (secondary N) is 2. The molecule has 1 saturated heterocycles. The van der Waals surface area contributed by atoms with Crippen molar-refractivity contribution >= 4 is 17.8 Å². The number of urea groups is 1. The van der Waals surface area contributed by atoms with Gasteiger partial charge in [-0.25, -0.2) is 9.78 Å². The quantitative estimate of drug-likeness (QED) is 0.854. The van der Waals surface area contributed by atoms with Gasteiger partial charge in [0.1, 0.15) is 5.82 Å². The van der Waals surface area contributed by atoms with Gasteiger partial charge in [-0.2, -0.15) is 4.98 Å². The maximum absolute atomic E-state index is 11.8. The Morgan fingerprint density at radius 3 is 2.78 bits per heavy atom. The number of amides is 2. The second kappa shape index (κ2) is 5.20. The SMILES string of the molecule is C[C]1CN(C(=O)Nc2ccnc(NC(C)C)n2)C1. The second-order valence-corrected chi connectivity index (χ2v) is 4.81. The maximum Gasteiger partial charge on any atom is 0.323 e. The molecule has 1 aliphatic rings. The lowest BCUT2D eigenvalue weighted by atomic mass is 10.0. The molecule has 1 fully saturated rings. The predicted octanol–water partition coefficient (Wildman–Crippen LogP) is 1.74. The summed E-state index contributed by atoms with van der Waals surface area (Å²) in [5.74, 6) is 2.35. The van der Waals surface area contributed by atoms with E-state index >= 15 is 0 Å². The lowest BCUT2D eigenvalue weighted by Gasteiger charge is -2.36. The Morgan fingerprint density at radius 2 is 2.17 bits per heavy atom. The number of hydrogen-bond acceptors (Lipinski definition) is 4. The molecule has 97 valence electrons. The fraction of sp³-hybridized carbons (Fsp3) is 0.500. The maximum atomic E-state index is 11.8. The molecule has 1 radical (unpaired) electrons. The largest absolute Gasteiger partial charge is 0.352 e. The summed E-state index contributed by atoms with van der Waals surface area (Å²) in [6.45, 7) is 7.52. The third-order valence-electron chi connectivity index (χ3n) is 2.52. The van der Waals surface area contributed by atoms with Crippen LogP contribution >= 0.6 is 0 Å². The van der Waals surface area contributed by atoms with Gasteiger partial charge in [0.15, 0.2) is 0 Å². The first-order valence-electron chi connectivity index (χ1n) is 6.01. The molecule has 0 aromatic carbocycles. The first-order chi connectivity index (χ1) is 8.54. The molecule has 0 atom stereocenters. The minimum atomic E-state index is -0.116. The fourth-order valence-electron chi connectivity index (χ4n) is 1.69. The van der Waals surface area contributed by atoms with Crippen LogP contribution in [0, 0.1) is 5.92 Å². The first kappa shape index (κ1) is 12.6. The number of rotatable bonds is 3. The van der Waals surface area contributed by atoms with Gasteiger partial charge in [-0.3, -0.25) is 5.32 Å². The molecular weight excluding hydrogens is 230 g/mol. The highest BCUT2D eigenvalue weighted by Crippen LogP contribution is 2.17. The lowest BCUT2D eigenvalue weighted by Crippen LogP contribution is -2.49. The number of nitrogens with zero attached hydrogens (tertiary/aromatic N) is 3. The van der Waals surface area contributed by atoms with Crippen LogP contribution in [-0.2, 0) is 0 Å². The lowest BCUT2D eigenvalue weighted by molar-refractivity contribution is 0.193. The number of likely N-dealkylation sites (tertiary alicyclic amines) is 1. The molecule has 0 unspecified atom stereocenters. The van der Waals surface area contributed by atoms with Gasteiger partial charge in [-0.05, 0) is 19.9 Å². The summed E-state index contributed by atoms with van der Waals surface area (Å²) in [5, 5.41) is 5.85. The standard InChI is InChI=1S/C12H18N5O/c1-8(2)14-11-13-5-4-10(15-11)16-12(18)17-6-9(3)7-17/h4-5,8H,6-7H2,1-3H3,(H2,13,14,15,16,18). The van der Waals surface area contributed by atoms with Crippen molar-refractivity contribution in [1.29, 1.82) is 0 Å². The highest BCUT2D eigenvalue weighted by molar-refractivity contribution is 5.89. The summed E-state index contributed by atoms with van der Waals surface area (Å²) in [7, 11) is 0. The van der Waals surface area contributed by atoms with Crippen molar-refractivity contribution in [2.24, 2.45) is 0 Å². The van der Waals surface area contributed by atoms with Crippen molar-refractivity contribution in [2.45, 2.75) is 26.8 Å². The highest BCUT2D eigenvalue weighted by atomic mass is 16.2.